The zero-order valence-electron chi connectivity index (χ0n) is 14.8. The van der Waals surface area contributed by atoms with Crippen molar-refractivity contribution < 1.29 is 32.9 Å². The summed E-state index contributed by atoms with van der Waals surface area (Å²) in [5, 5.41) is 0. The third-order valence-corrected chi connectivity index (χ3v) is 4.58. The number of carbonyl (C=O) groups is 1. The van der Waals surface area contributed by atoms with E-state index in [1.54, 1.807) is 12.1 Å². The van der Waals surface area contributed by atoms with Crippen LogP contribution in [0, 0.1) is 5.82 Å². The highest BCUT2D eigenvalue weighted by Crippen LogP contribution is 2.39. The van der Waals surface area contributed by atoms with E-state index in [9.17, 15) is 9.18 Å². The van der Waals surface area contributed by atoms with Crippen molar-refractivity contribution >= 4 is 5.97 Å². The Morgan fingerprint density at radius 2 is 2.00 bits per heavy atom. The molecule has 0 radical (unpaired) electrons. The number of hydrogen-bond donors (Lipinski definition) is 0. The fourth-order valence-corrected chi connectivity index (χ4v) is 3.26. The summed E-state index contributed by atoms with van der Waals surface area (Å²) in [5.74, 6) is 1.48. The Bertz CT molecular complexity index is 866. The predicted octanol–water partition coefficient (Wildman–Crippen LogP) is 3.22. The van der Waals surface area contributed by atoms with Crippen molar-refractivity contribution in [1.82, 2.24) is 0 Å². The van der Waals surface area contributed by atoms with Crippen LogP contribution in [0.15, 0.2) is 30.3 Å². The molecule has 142 valence electrons. The van der Waals surface area contributed by atoms with Crippen LogP contribution in [0.2, 0.25) is 0 Å². The van der Waals surface area contributed by atoms with Crippen molar-refractivity contribution in [3.8, 4) is 23.0 Å². The predicted molar refractivity (Wildman–Crippen MR) is 93.0 cm³/mol. The maximum Gasteiger partial charge on any atom is 0.306 e. The van der Waals surface area contributed by atoms with Gasteiger partial charge in [0.2, 0.25) is 0 Å². The number of hydrogen-bond acceptors (Lipinski definition) is 6. The highest BCUT2D eigenvalue weighted by molar-refractivity contribution is 5.71. The van der Waals surface area contributed by atoms with Gasteiger partial charge in [-0.2, -0.15) is 0 Å². The van der Waals surface area contributed by atoms with Gasteiger partial charge < -0.3 is 23.7 Å². The topological polar surface area (TPSA) is 63.2 Å². The normalized spacial score (nSPS) is 17.0. The maximum absolute atomic E-state index is 13.8. The first-order valence-corrected chi connectivity index (χ1v) is 8.68. The molecule has 0 aromatic heterocycles. The van der Waals surface area contributed by atoms with Gasteiger partial charge in [0.1, 0.15) is 37.1 Å². The van der Waals surface area contributed by atoms with Crippen molar-refractivity contribution in [2.45, 2.75) is 18.9 Å². The largest absolute Gasteiger partial charge is 0.492 e. The highest BCUT2D eigenvalue weighted by Gasteiger charge is 2.27. The lowest BCUT2D eigenvalue weighted by atomic mass is 9.98. The van der Waals surface area contributed by atoms with Crippen LogP contribution in [0.1, 0.15) is 23.5 Å². The zero-order valence-corrected chi connectivity index (χ0v) is 14.8. The molecule has 4 rings (SSSR count). The van der Waals surface area contributed by atoms with Crippen LogP contribution in [-0.2, 0) is 16.1 Å². The summed E-state index contributed by atoms with van der Waals surface area (Å²) in [6.45, 7) is 1.37. The van der Waals surface area contributed by atoms with E-state index in [4.69, 9.17) is 23.7 Å². The zero-order chi connectivity index (χ0) is 18.8. The molecule has 0 saturated carbocycles. The summed E-state index contributed by atoms with van der Waals surface area (Å²) in [6.07, 6.45) is 0.274. The minimum Gasteiger partial charge on any atom is -0.492 e. The summed E-state index contributed by atoms with van der Waals surface area (Å²) in [4.78, 5) is 11.5. The molecule has 27 heavy (non-hydrogen) atoms. The molecule has 2 aromatic carbocycles. The molecule has 6 nitrogen and oxygen atoms in total. The van der Waals surface area contributed by atoms with Crippen LogP contribution < -0.4 is 18.9 Å². The van der Waals surface area contributed by atoms with Gasteiger partial charge in [-0.3, -0.25) is 4.79 Å². The Morgan fingerprint density at radius 1 is 1.15 bits per heavy atom. The summed E-state index contributed by atoms with van der Waals surface area (Å²) < 4.78 is 41.0. The molecule has 0 bridgehead atoms. The van der Waals surface area contributed by atoms with Gasteiger partial charge in [0.25, 0.3) is 0 Å². The lowest BCUT2D eigenvalue weighted by Crippen LogP contribution is -2.17. The molecule has 0 spiro atoms. The summed E-state index contributed by atoms with van der Waals surface area (Å²) in [7, 11) is 1.37. The molecule has 0 saturated heterocycles. The van der Waals surface area contributed by atoms with E-state index in [1.165, 1.54) is 19.2 Å². The average Bonchev–Trinajstić information content (AvgIpc) is 3.07. The van der Waals surface area contributed by atoms with E-state index in [1.807, 2.05) is 6.07 Å². The second kappa shape index (κ2) is 7.34. The van der Waals surface area contributed by atoms with Crippen LogP contribution in [-0.4, -0.2) is 32.9 Å². The summed E-state index contributed by atoms with van der Waals surface area (Å²) in [6, 6.07) is 8.15. The fourth-order valence-electron chi connectivity index (χ4n) is 3.26. The molecule has 0 amide bonds. The second-order valence-electron chi connectivity index (χ2n) is 6.37. The molecular formula is C20H19FO6. The summed E-state index contributed by atoms with van der Waals surface area (Å²) in [5.41, 5.74) is 1.53. The van der Waals surface area contributed by atoms with E-state index in [0.717, 1.165) is 5.56 Å². The Balaban J connectivity index is 1.48. The van der Waals surface area contributed by atoms with Crippen molar-refractivity contribution in [3.63, 3.8) is 0 Å². The van der Waals surface area contributed by atoms with Crippen LogP contribution >= 0.6 is 0 Å². The number of rotatable bonds is 5. The molecule has 2 aromatic rings. The lowest BCUT2D eigenvalue weighted by Gasteiger charge is -2.21. The first-order chi connectivity index (χ1) is 13.1. The number of fused-ring (bicyclic) bond motifs is 2. The molecule has 0 fully saturated rings. The van der Waals surface area contributed by atoms with Gasteiger partial charge in [-0.05, 0) is 12.1 Å². The highest BCUT2D eigenvalue weighted by atomic mass is 19.1. The number of halogens is 1. The summed E-state index contributed by atoms with van der Waals surface area (Å²) >= 11 is 0. The minimum absolute atomic E-state index is 0.0257. The molecule has 2 aliphatic heterocycles. The quantitative estimate of drug-likeness (QED) is 0.749. The van der Waals surface area contributed by atoms with Gasteiger partial charge >= 0.3 is 5.97 Å². The van der Waals surface area contributed by atoms with E-state index < -0.39 is 5.82 Å². The standard InChI is InChI=1S/C20H19FO6/c1-23-19(22)7-12-10-27-17-9-15(2-3-16(12)17)26-11-13-6-14(21)8-18-20(13)25-5-4-24-18/h2-3,6,8-9,12H,4-5,7,10-11H2,1H3. The molecule has 2 heterocycles. The van der Waals surface area contributed by atoms with Gasteiger partial charge in [-0.15, -0.1) is 0 Å². The first kappa shape index (κ1) is 17.5. The third kappa shape index (κ3) is 3.63. The molecule has 7 heteroatoms. The van der Waals surface area contributed by atoms with Gasteiger partial charge in [0.15, 0.2) is 11.5 Å². The number of esters is 1. The minimum atomic E-state index is -0.402. The first-order valence-electron chi connectivity index (χ1n) is 8.68. The van der Waals surface area contributed by atoms with Crippen LogP contribution in [0.5, 0.6) is 23.0 Å². The molecule has 1 unspecified atom stereocenters. The molecule has 0 aliphatic carbocycles. The van der Waals surface area contributed by atoms with E-state index >= 15 is 0 Å². The Hall–Kier alpha value is -2.96. The molecule has 1 atom stereocenters. The monoisotopic (exact) mass is 374 g/mol. The van der Waals surface area contributed by atoms with Gasteiger partial charge in [-0.1, -0.05) is 6.07 Å². The fraction of sp³-hybridized carbons (Fsp3) is 0.350. The number of ether oxygens (including phenoxy) is 5. The molecule has 0 N–H and O–H groups in total. The number of methoxy groups -OCH3 is 1. The maximum atomic E-state index is 13.8. The Kier molecular flexibility index (Phi) is 4.75. The Labute approximate surface area is 155 Å². The lowest BCUT2D eigenvalue weighted by molar-refractivity contribution is -0.141. The van der Waals surface area contributed by atoms with Crippen LogP contribution in [0.25, 0.3) is 0 Å². The molecular weight excluding hydrogens is 355 g/mol. The smallest absolute Gasteiger partial charge is 0.306 e. The third-order valence-electron chi connectivity index (χ3n) is 4.58. The van der Waals surface area contributed by atoms with E-state index in [2.05, 4.69) is 0 Å². The van der Waals surface area contributed by atoms with Crippen molar-refractivity contribution in [2.75, 3.05) is 26.9 Å². The SMILES string of the molecule is COC(=O)CC1COc2cc(OCc3cc(F)cc4c3OCCO4)ccc21. The number of benzene rings is 2. The van der Waals surface area contributed by atoms with Crippen molar-refractivity contribution in [1.29, 1.82) is 0 Å². The average molecular weight is 374 g/mol. The van der Waals surface area contributed by atoms with Crippen molar-refractivity contribution in [3.05, 3.63) is 47.3 Å². The Morgan fingerprint density at radius 3 is 2.85 bits per heavy atom. The van der Waals surface area contributed by atoms with Crippen molar-refractivity contribution in [2.24, 2.45) is 0 Å². The van der Waals surface area contributed by atoms with Gasteiger partial charge in [-0.25, -0.2) is 4.39 Å². The molecule has 2 aliphatic rings. The second-order valence-corrected chi connectivity index (χ2v) is 6.37. The number of carbonyl (C=O) groups excluding carboxylic acids is 1. The van der Waals surface area contributed by atoms with Crippen LogP contribution in [0.3, 0.4) is 0 Å². The van der Waals surface area contributed by atoms with Gasteiger partial charge in [0.05, 0.1) is 20.1 Å². The van der Waals surface area contributed by atoms with Gasteiger partial charge in [0, 0.05) is 29.2 Å². The van der Waals surface area contributed by atoms with E-state index in [0.29, 0.717) is 48.4 Å². The van der Waals surface area contributed by atoms with Crippen LogP contribution in [0.4, 0.5) is 4.39 Å². The van der Waals surface area contributed by atoms with E-state index in [-0.39, 0.29) is 24.9 Å².